The summed E-state index contributed by atoms with van der Waals surface area (Å²) in [4.78, 5) is 20.7. The highest BCUT2D eigenvalue weighted by Crippen LogP contribution is 2.16. The highest BCUT2D eigenvalue weighted by molar-refractivity contribution is 6.05. The summed E-state index contributed by atoms with van der Waals surface area (Å²) in [5, 5.41) is 4.89. The number of nitrogens with one attached hydrogen (secondary N) is 1. The first-order chi connectivity index (χ1) is 10.1. The Bertz CT molecular complexity index is 807. The standard InChI is InChI=1S/C17H15N3O/c1-11-9-12(2)19-17(18-11)20-16(21)15-8-7-13-5-3-4-6-14(13)10-15/h3-10H,1-2H3,(H,18,19,20,21). The molecule has 1 amide bonds. The van der Waals surface area contributed by atoms with Crippen LogP contribution in [0.25, 0.3) is 10.8 Å². The second kappa shape index (κ2) is 5.32. The van der Waals surface area contributed by atoms with Gasteiger partial charge in [0.15, 0.2) is 0 Å². The van der Waals surface area contributed by atoms with Crippen molar-refractivity contribution in [2.75, 3.05) is 5.32 Å². The SMILES string of the molecule is Cc1cc(C)nc(NC(=O)c2ccc3ccccc3c2)n1. The molecule has 0 saturated heterocycles. The van der Waals surface area contributed by atoms with Crippen LogP contribution in [0.2, 0.25) is 0 Å². The summed E-state index contributed by atoms with van der Waals surface area (Å²) in [6.07, 6.45) is 0. The van der Waals surface area contributed by atoms with E-state index in [0.29, 0.717) is 11.5 Å². The number of nitrogens with zero attached hydrogens (tertiary/aromatic N) is 2. The van der Waals surface area contributed by atoms with Crippen LogP contribution in [0.1, 0.15) is 21.7 Å². The molecule has 4 nitrogen and oxygen atoms in total. The van der Waals surface area contributed by atoms with Gasteiger partial charge in [-0.2, -0.15) is 0 Å². The first-order valence-electron chi connectivity index (χ1n) is 6.74. The monoisotopic (exact) mass is 277 g/mol. The van der Waals surface area contributed by atoms with E-state index in [9.17, 15) is 4.79 Å². The molecule has 4 heteroatoms. The largest absolute Gasteiger partial charge is 0.290 e. The number of amides is 1. The quantitative estimate of drug-likeness (QED) is 0.780. The number of aromatic nitrogens is 2. The van der Waals surface area contributed by atoms with Gasteiger partial charge in [0.1, 0.15) is 0 Å². The summed E-state index contributed by atoms with van der Waals surface area (Å²) < 4.78 is 0. The van der Waals surface area contributed by atoms with Crippen LogP contribution < -0.4 is 5.32 Å². The molecule has 3 aromatic rings. The molecule has 0 aliphatic heterocycles. The zero-order valence-corrected chi connectivity index (χ0v) is 11.9. The molecule has 0 saturated carbocycles. The van der Waals surface area contributed by atoms with E-state index in [4.69, 9.17) is 0 Å². The molecule has 1 heterocycles. The number of hydrogen-bond donors (Lipinski definition) is 1. The lowest BCUT2D eigenvalue weighted by Crippen LogP contribution is -2.14. The molecule has 2 aromatic carbocycles. The number of anilines is 1. The fourth-order valence-electron chi connectivity index (χ4n) is 2.29. The topological polar surface area (TPSA) is 54.9 Å². The Morgan fingerprint density at radius 1 is 0.905 bits per heavy atom. The minimum absolute atomic E-state index is 0.203. The second-order valence-electron chi connectivity index (χ2n) is 4.99. The Labute approximate surface area is 122 Å². The van der Waals surface area contributed by atoms with E-state index in [1.165, 1.54) is 0 Å². The van der Waals surface area contributed by atoms with Crippen molar-refractivity contribution in [2.45, 2.75) is 13.8 Å². The predicted molar refractivity (Wildman–Crippen MR) is 83.4 cm³/mol. The smallest absolute Gasteiger partial charge is 0.258 e. The van der Waals surface area contributed by atoms with Gasteiger partial charge in [0.05, 0.1) is 0 Å². The summed E-state index contributed by atoms with van der Waals surface area (Å²) in [6, 6.07) is 15.4. The summed E-state index contributed by atoms with van der Waals surface area (Å²) in [5.74, 6) is 0.136. The van der Waals surface area contributed by atoms with Gasteiger partial charge in [0, 0.05) is 17.0 Å². The molecule has 104 valence electrons. The minimum atomic E-state index is -0.203. The van der Waals surface area contributed by atoms with Crippen LogP contribution in [0.3, 0.4) is 0 Å². The average Bonchev–Trinajstić information content (AvgIpc) is 2.45. The van der Waals surface area contributed by atoms with Crippen molar-refractivity contribution in [3.8, 4) is 0 Å². The van der Waals surface area contributed by atoms with E-state index in [1.807, 2.05) is 56.3 Å². The first-order valence-corrected chi connectivity index (χ1v) is 6.74. The van der Waals surface area contributed by atoms with E-state index < -0.39 is 0 Å². The lowest BCUT2D eigenvalue weighted by atomic mass is 10.1. The fraction of sp³-hybridized carbons (Fsp3) is 0.118. The van der Waals surface area contributed by atoms with Crippen LogP contribution >= 0.6 is 0 Å². The van der Waals surface area contributed by atoms with Crippen molar-refractivity contribution in [3.63, 3.8) is 0 Å². The summed E-state index contributed by atoms with van der Waals surface area (Å²) >= 11 is 0. The second-order valence-corrected chi connectivity index (χ2v) is 4.99. The molecular weight excluding hydrogens is 262 g/mol. The highest BCUT2D eigenvalue weighted by atomic mass is 16.1. The minimum Gasteiger partial charge on any atom is -0.290 e. The molecule has 0 atom stereocenters. The number of rotatable bonds is 2. The lowest BCUT2D eigenvalue weighted by Gasteiger charge is -2.06. The summed E-state index contributed by atoms with van der Waals surface area (Å²) in [6.45, 7) is 3.75. The van der Waals surface area contributed by atoms with E-state index in [2.05, 4.69) is 15.3 Å². The molecule has 1 aromatic heterocycles. The number of benzene rings is 2. The lowest BCUT2D eigenvalue weighted by molar-refractivity contribution is 0.102. The molecule has 3 rings (SSSR count). The van der Waals surface area contributed by atoms with E-state index in [0.717, 1.165) is 22.2 Å². The molecule has 0 aliphatic carbocycles. The van der Waals surface area contributed by atoms with Gasteiger partial charge in [-0.15, -0.1) is 0 Å². The van der Waals surface area contributed by atoms with Crippen LogP contribution in [-0.2, 0) is 0 Å². The van der Waals surface area contributed by atoms with Gasteiger partial charge >= 0.3 is 0 Å². The summed E-state index contributed by atoms with van der Waals surface area (Å²) in [5.41, 5.74) is 2.25. The summed E-state index contributed by atoms with van der Waals surface area (Å²) in [7, 11) is 0. The molecule has 0 spiro atoms. The van der Waals surface area contributed by atoms with Gasteiger partial charge in [-0.05, 0) is 42.8 Å². The van der Waals surface area contributed by atoms with Gasteiger partial charge in [-0.1, -0.05) is 30.3 Å². The van der Waals surface area contributed by atoms with Crippen molar-refractivity contribution < 1.29 is 4.79 Å². The Balaban J connectivity index is 1.89. The van der Waals surface area contributed by atoms with Gasteiger partial charge in [-0.3, -0.25) is 10.1 Å². The van der Waals surface area contributed by atoms with Crippen LogP contribution in [0.4, 0.5) is 5.95 Å². The predicted octanol–water partition coefficient (Wildman–Crippen LogP) is 3.50. The van der Waals surface area contributed by atoms with Gasteiger partial charge in [0.25, 0.3) is 5.91 Å². The zero-order valence-electron chi connectivity index (χ0n) is 11.9. The molecular formula is C17H15N3O. The maximum Gasteiger partial charge on any atom is 0.258 e. The van der Waals surface area contributed by atoms with Crippen molar-refractivity contribution in [1.29, 1.82) is 0 Å². The Kier molecular flexibility index (Phi) is 3.36. The molecule has 0 aliphatic rings. The maximum atomic E-state index is 12.3. The molecule has 0 unspecified atom stereocenters. The van der Waals surface area contributed by atoms with E-state index >= 15 is 0 Å². The Hall–Kier alpha value is -2.75. The average molecular weight is 277 g/mol. The van der Waals surface area contributed by atoms with Crippen molar-refractivity contribution in [1.82, 2.24) is 9.97 Å². The number of carbonyl (C=O) groups is 1. The molecule has 0 radical (unpaired) electrons. The number of aryl methyl sites for hydroxylation is 2. The number of hydrogen-bond acceptors (Lipinski definition) is 3. The fourth-order valence-corrected chi connectivity index (χ4v) is 2.29. The number of fused-ring (bicyclic) bond motifs is 1. The molecule has 0 fully saturated rings. The van der Waals surface area contributed by atoms with Gasteiger partial charge < -0.3 is 0 Å². The van der Waals surface area contributed by atoms with Crippen molar-refractivity contribution in [2.24, 2.45) is 0 Å². The van der Waals surface area contributed by atoms with E-state index in [-0.39, 0.29) is 5.91 Å². The van der Waals surface area contributed by atoms with Crippen molar-refractivity contribution >= 4 is 22.6 Å². The zero-order chi connectivity index (χ0) is 14.8. The first kappa shape index (κ1) is 13.2. The molecule has 0 bridgehead atoms. The van der Waals surface area contributed by atoms with Crippen LogP contribution in [0.15, 0.2) is 48.5 Å². The third-order valence-electron chi connectivity index (χ3n) is 3.22. The highest BCUT2D eigenvalue weighted by Gasteiger charge is 2.09. The maximum absolute atomic E-state index is 12.3. The molecule has 1 N–H and O–H groups in total. The van der Waals surface area contributed by atoms with Crippen molar-refractivity contribution in [3.05, 3.63) is 65.5 Å². The Morgan fingerprint density at radius 2 is 1.57 bits per heavy atom. The number of carbonyl (C=O) groups excluding carboxylic acids is 1. The van der Waals surface area contributed by atoms with E-state index in [1.54, 1.807) is 6.07 Å². The normalized spacial score (nSPS) is 10.6. The Morgan fingerprint density at radius 3 is 2.29 bits per heavy atom. The van der Waals surface area contributed by atoms with Gasteiger partial charge in [0.2, 0.25) is 5.95 Å². The molecule has 21 heavy (non-hydrogen) atoms. The van der Waals surface area contributed by atoms with Gasteiger partial charge in [-0.25, -0.2) is 9.97 Å². The third kappa shape index (κ3) is 2.89. The van der Waals surface area contributed by atoms with Crippen LogP contribution in [0, 0.1) is 13.8 Å². The van der Waals surface area contributed by atoms with Crippen LogP contribution in [-0.4, -0.2) is 15.9 Å². The van der Waals surface area contributed by atoms with Crippen LogP contribution in [0.5, 0.6) is 0 Å². The third-order valence-corrected chi connectivity index (χ3v) is 3.22.